The van der Waals surface area contributed by atoms with E-state index in [0.29, 0.717) is 21.5 Å². The second-order valence-corrected chi connectivity index (χ2v) is 8.90. The van der Waals surface area contributed by atoms with Crippen molar-refractivity contribution in [3.05, 3.63) is 57.6 Å². The SMILES string of the molecule is Cc1cc(Cl)ccc1OCC(=O)N[C@H]1CCCC[C@@H]1NC(=O)COc1ccc(Cl)cc1C. The van der Waals surface area contributed by atoms with Crippen LogP contribution in [0, 0.1) is 13.8 Å². The summed E-state index contributed by atoms with van der Waals surface area (Å²) in [5, 5.41) is 7.25. The maximum absolute atomic E-state index is 12.5. The van der Waals surface area contributed by atoms with Crippen molar-refractivity contribution < 1.29 is 19.1 Å². The summed E-state index contributed by atoms with van der Waals surface area (Å²) in [7, 11) is 0. The minimum Gasteiger partial charge on any atom is -0.484 e. The third-order valence-corrected chi connectivity index (χ3v) is 5.92. The molecule has 0 aromatic heterocycles. The van der Waals surface area contributed by atoms with E-state index in [1.165, 1.54) is 0 Å². The molecule has 0 bridgehead atoms. The van der Waals surface area contributed by atoms with Gasteiger partial charge in [-0.2, -0.15) is 0 Å². The Hall–Kier alpha value is -2.44. The van der Waals surface area contributed by atoms with Crippen molar-refractivity contribution in [2.24, 2.45) is 0 Å². The van der Waals surface area contributed by atoms with Crippen molar-refractivity contribution in [3.63, 3.8) is 0 Å². The largest absolute Gasteiger partial charge is 0.484 e. The summed E-state index contributed by atoms with van der Waals surface area (Å²) in [5.41, 5.74) is 1.73. The molecule has 2 amide bonds. The Bertz CT molecular complexity index is 890. The zero-order valence-electron chi connectivity index (χ0n) is 18.3. The van der Waals surface area contributed by atoms with E-state index < -0.39 is 0 Å². The summed E-state index contributed by atoms with van der Waals surface area (Å²) in [6.45, 7) is 3.55. The number of amides is 2. The number of benzene rings is 2. The number of ether oxygens (including phenoxy) is 2. The van der Waals surface area contributed by atoms with Crippen LogP contribution < -0.4 is 20.1 Å². The molecule has 2 aromatic carbocycles. The molecule has 0 unspecified atom stereocenters. The van der Waals surface area contributed by atoms with Crippen LogP contribution in [0.3, 0.4) is 0 Å². The number of hydrogen-bond acceptors (Lipinski definition) is 4. The predicted molar refractivity (Wildman–Crippen MR) is 126 cm³/mol. The number of hydrogen-bond donors (Lipinski definition) is 2. The molecule has 1 aliphatic carbocycles. The van der Waals surface area contributed by atoms with Crippen molar-refractivity contribution in [2.75, 3.05) is 13.2 Å². The Morgan fingerprint density at radius 2 is 1.22 bits per heavy atom. The standard InChI is InChI=1S/C24H28Cl2N2O4/c1-15-11-17(25)7-9-21(15)31-13-23(29)27-19-5-3-4-6-20(19)28-24(30)14-32-22-10-8-18(26)12-16(22)2/h7-12,19-20H,3-6,13-14H2,1-2H3,(H,27,29)(H,28,30)/t19-,20-/m0/s1. The molecule has 1 fully saturated rings. The maximum atomic E-state index is 12.5. The molecule has 2 N–H and O–H groups in total. The second kappa shape index (κ2) is 11.4. The maximum Gasteiger partial charge on any atom is 0.258 e. The average molecular weight is 479 g/mol. The lowest BCUT2D eigenvalue weighted by atomic mass is 9.90. The van der Waals surface area contributed by atoms with E-state index >= 15 is 0 Å². The van der Waals surface area contributed by atoms with Crippen molar-refractivity contribution in [2.45, 2.75) is 51.6 Å². The molecule has 8 heteroatoms. The highest BCUT2D eigenvalue weighted by Gasteiger charge is 2.28. The van der Waals surface area contributed by atoms with Gasteiger partial charge in [0.15, 0.2) is 13.2 Å². The highest BCUT2D eigenvalue weighted by atomic mass is 35.5. The topological polar surface area (TPSA) is 76.7 Å². The smallest absolute Gasteiger partial charge is 0.258 e. The number of rotatable bonds is 8. The van der Waals surface area contributed by atoms with Crippen molar-refractivity contribution in [1.82, 2.24) is 10.6 Å². The zero-order chi connectivity index (χ0) is 23.1. The third kappa shape index (κ3) is 7.04. The lowest BCUT2D eigenvalue weighted by molar-refractivity contribution is -0.127. The van der Waals surface area contributed by atoms with Gasteiger partial charge in [0.25, 0.3) is 11.8 Å². The van der Waals surface area contributed by atoms with Crippen LogP contribution in [0.2, 0.25) is 10.0 Å². The minimum atomic E-state index is -0.224. The molecular formula is C24H28Cl2N2O4. The van der Waals surface area contributed by atoms with Crippen molar-refractivity contribution in [3.8, 4) is 11.5 Å². The molecule has 1 aliphatic rings. The van der Waals surface area contributed by atoms with Crippen LogP contribution in [0.15, 0.2) is 36.4 Å². The number of carbonyl (C=O) groups excluding carboxylic acids is 2. The summed E-state index contributed by atoms with van der Waals surface area (Å²) in [6, 6.07) is 10.2. The van der Waals surface area contributed by atoms with Crippen LogP contribution in [-0.2, 0) is 9.59 Å². The Kier molecular flexibility index (Phi) is 8.65. The van der Waals surface area contributed by atoms with Crippen LogP contribution in [0.5, 0.6) is 11.5 Å². The lowest BCUT2D eigenvalue weighted by Crippen LogP contribution is -2.54. The van der Waals surface area contributed by atoms with Gasteiger partial charge in [0.05, 0.1) is 0 Å². The first-order chi connectivity index (χ1) is 15.3. The van der Waals surface area contributed by atoms with E-state index in [1.54, 1.807) is 36.4 Å². The molecule has 0 saturated heterocycles. The first-order valence-corrected chi connectivity index (χ1v) is 11.4. The number of nitrogens with one attached hydrogen (secondary N) is 2. The molecule has 3 rings (SSSR count). The third-order valence-electron chi connectivity index (χ3n) is 5.45. The molecule has 6 nitrogen and oxygen atoms in total. The van der Waals surface area contributed by atoms with Gasteiger partial charge in [-0.15, -0.1) is 0 Å². The Labute approximate surface area is 198 Å². The first kappa shape index (κ1) is 24.2. The van der Waals surface area contributed by atoms with Gasteiger partial charge in [-0.25, -0.2) is 0 Å². The number of aryl methyl sites for hydroxylation is 2. The first-order valence-electron chi connectivity index (χ1n) is 10.7. The molecule has 2 aromatic rings. The van der Waals surface area contributed by atoms with E-state index in [9.17, 15) is 9.59 Å². The van der Waals surface area contributed by atoms with Gasteiger partial charge in [-0.1, -0.05) is 36.0 Å². The molecule has 172 valence electrons. The van der Waals surface area contributed by atoms with E-state index in [2.05, 4.69) is 10.6 Å². The summed E-state index contributed by atoms with van der Waals surface area (Å²) in [4.78, 5) is 24.9. The molecule has 1 saturated carbocycles. The van der Waals surface area contributed by atoms with Crippen LogP contribution >= 0.6 is 23.2 Å². The van der Waals surface area contributed by atoms with Gasteiger partial charge in [0.1, 0.15) is 11.5 Å². The fourth-order valence-electron chi connectivity index (χ4n) is 3.81. The van der Waals surface area contributed by atoms with E-state index in [0.717, 1.165) is 36.8 Å². The number of halogens is 2. The summed E-state index contributed by atoms with van der Waals surface area (Å²) >= 11 is 11.9. The van der Waals surface area contributed by atoms with Gasteiger partial charge in [0, 0.05) is 22.1 Å². The molecule has 0 radical (unpaired) electrons. The Morgan fingerprint density at radius 3 is 1.59 bits per heavy atom. The van der Waals surface area contributed by atoms with Crippen molar-refractivity contribution in [1.29, 1.82) is 0 Å². The van der Waals surface area contributed by atoms with Gasteiger partial charge < -0.3 is 20.1 Å². The normalized spacial score (nSPS) is 18.0. The molecular weight excluding hydrogens is 451 g/mol. The fourth-order valence-corrected chi connectivity index (χ4v) is 4.26. The second-order valence-electron chi connectivity index (χ2n) is 8.03. The highest BCUT2D eigenvalue weighted by Crippen LogP contribution is 2.23. The zero-order valence-corrected chi connectivity index (χ0v) is 19.8. The Morgan fingerprint density at radius 1 is 0.812 bits per heavy atom. The Balaban J connectivity index is 1.48. The van der Waals surface area contributed by atoms with Crippen LogP contribution in [0.4, 0.5) is 0 Å². The lowest BCUT2D eigenvalue weighted by Gasteiger charge is -2.32. The quantitative estimate of drug-likeness (QED) is 0.580. The molecule has 0 heterocycles. The summed E-state index contributed by atoms with van der Waals surface area (Å²) in [5.74, 6) is 0.789. The van der Waals surface area contributed by atoms with Crippen LogP contribution in [0.1, 0.15) is 36.8 Å². The predicted octanol–water partition coefficient (Wildman–Crippen LogP) is 4.61. The molecule has 2 atom stereocenters. The minimum absolute atomic E-state index is 0.0986. The van der Waals surface area contributed by atoms with Crippen LogP contribution in [0.25, 0.3) is 0 Å². The van der Waals surface area contributed by atoms with Gasteiger partial charge >= 0.3 is 0 Å². The van der Waals surface area contributed by atoms with Crippen molar-refractivity contribution >= 4 is 35.0 Å². The van der Waals surface area contributed by atoms with Gasteiger partial charge in [0.2, 0.25) is 0 Å². The highest BCUT2D eigenvalue weighted by molar-refractivity contribution is 6.31. The van der Waals surface area contributed by atoms with Gasteiger partial charge in [-0.05, 0) is 74.2 Å². The van der Waals surface area contributed by atoms with Gasteiger partial charge in [-0.3, -0.25) is 9.59 Å². The molecule has 0 aliphatic heterocycles. The van der Waals surface area contributed by atoms with E-state index in [4.69, 9.17) is 32.7 Å². The fraction of sp³-hybridized carbons (Fsp3) is 0.417. The molecule has 0 spiro atoms. The van der Waals surface area contributed by atoms with E-state index in [-0.39, 0.29) is 37.1 Å². The van der Waals surface area contributed by atoms with Crippen LogP contribution in [-0.4, -0.2) is 37.1 Å². The molecule has 32 heavy (non-hydrogen) atoms. The summed E-state index contributed by atoms with van der Waals surface area (Å²) in [6.07, 6.45) is 3.59. The average Bonchev–Trinajstić information content (AvgIpc) is 2.74. The number of carbonyl (C=O) groups is 2. The van der Waals surface area contributed by atoms with E-state index in [1.807, 2.05) is 13.8 Å². The summed E-state index contributed by atoms with van der Waals surface area (Å²) < 4.78 is 11.3. The monoisotopic (exact) mass is 478 g/mol.